The van der Waals surface area contributed by atoms with Crippen molar-refractivity contribution in [3.05, 3.63) is 28.8 Å². The molecule has 0 heterocycles. The van der Waals surface area contributed by atoms with E-state index in [1.54, 1.807) is 0 Å². The Balaban J connectivity index is 2.31. The van der Waals surface area contributed by atoms with Crippen molar-refractivity contribution < 1.29 is 4.74 Å². The van der Waals surface area contributed by atoms with Crippen LogP contribution in [0.25, 0.3) is 0 Å². The molecule has 102 valence electrons. The zero-order valence-electron chi connectivity index (χ0n) is 11.8. The monoisotopic (exact) mass is 269 g/mol. The van der Waals surface area contributed by atoms with Crippen LogP contribution in [0.3, 0.4) is 0 Å². The molecule has 2 nitrogen and oxygen atoms in total. The molecule has 0 aliphatic heterocycles. The zero-order chi connectivity index (χ0) is 13.5. The van der Waals surface area contributed by atoms with E-state index in [4.69, 9.17) is 16.3 Å². The van der Waals surface area contributed by atoms with Crippen molar-refractivity contribution in [2.45, 2.75) is 52.7 Å². The molecule has 0 aliphatic rings. The molecule has 1 aromatic carbocycles. The molecular weight excluding hydrogens is 246 g/mol. The standard InChI is InChI=1S/C15H24ClNO/c1-11(2)17-9-5-6-13(4)18-14-7-8-15(16)12(3)10-14/h7-8,10-11,13,17H,5-6,9H2,1-4H3. The molecule has 1 atom stereocenters. The van der Waals surface area contributed by atoms with Crippen molar-refractivity contribution in [3.8, 4) is 5.75 Å². The number of aryl methyl sites for hydroxylation is 1. The average Bonchev–Trinajstić information content (AvgIpc) is 2.29. The van der Waals surface area contributed by atoms with Gasteiger partial charge in [-0.2, -0.15) is 0 Å². The Labute approximate surface area is 116 Å². The minimum absolute atomic E-state index is 0.236. The summed E-state index contributed by atoms with van der Waals surface area (Å²) < 4.78 is 5.87. The maximum Gasteiger partial charge on any atom is 0.120 e. The fraction of sp³-hybridized carbons (Fsp3) is 0.600. The first-order valence-corrected chi connectivity index (χ1v) is 7.03. The minimum Gasteiger partial charge on any atom is -0.491 e. The molecule has 1 rings (SSSR count). The zero-order valence-corrected chi connectivity index (χ0v) is 12.6. The molecule has 0 radical (unpaired) electrons. The number of halogens is 1. The van der Waals surface area contributed by atoms with Gasteiger partial charge in [0.1, 0.15) is 5.75 Å². The number of ether oxygens (including phenoxy) is 1. The lowest BCUT2D eigenvalue weighted by atomic mass is 10.2. The van der Waals surface area contributed by atoms with Gasteiger partial charge in [0.25, 0.3) is 0 Å². The van der Waals surface area contributed by atoms with Gasteiger partial charge in [0, 0.05) is 11.1 Å². The van der Waals surface area contributed by atoms with Crippen molar-refractivity contribution in [2.24, 2.45) is 0 Å². The van der Waals surface area contributed by atoms with Gasteiger partial charge in [0.2, 0.25) is 0 Å². The third-order valence-electron chi connectivity index (χ3n) is 2.81. The Kier molecular flexibility index (Phi) is 6.51. The van der Waals surface area contributed by atoms with Gasteiger partial charge in [-0.15, -0.1) is 0 Å². The lowest BCUT2D eigenvalue weighted by molar-refractivity contribution is 0.207. The van der Waals surface area contributed by atoms with Gasteiger partial charge in [0.05, 0.1) is 6.10 Å². The Bertz CT molecular complexity index is 366. The van der Waals surface area contributed by atoms with E-state index in [1.807, 2.05) is 25.1 Å². The Morgan fingerprint density at radius 3 is 2.61 bits per heavy atom. The average molecular weight is 270 g/mol. The first-order valence-electron chi connectivity index (χ1n) is 6.65. The third kappa shape index (κ3) is 5.74. The molecule has 1 unspecified atom stereocenters. The van der Waals surface area contributed by atoms with E-state index < -0.39 is 0 Å². The smallest absolute Gasteiger partial charge is 0.120 e. The van der Waals surface area contributed by atoms with E-state index in [0.29, 0.717) is 6.04 Å². The molecule has 0 amide bonds. The molecular formula is C15H24ClNO. The second-order valence-electron chi connectivity index (χ2n) is 5.09. The van der Waals surface area contributed by atoms with Crippen LogP contribution in [0.2, 0.25) is 5.02 Å². The highest BCUT2D eigenvalue weighted by molar-refractivity contribution is 6.31. The number of hydrogen-bond acceptors (Lipinski definition) is 2. The van der Waals surface area contributed by atoms with Gasteiger partial charge in [0.15, 0.2) is 0 Å². The molecule has 0 bridgehead atoms. The fourth-order valence-corrected chi connectivity index (χ4v) is 1.88. The van der Waals surface area contributed by atoms with Crippen LogP contribution < -0.4 is 10.1 Å². The molecule has 0 fully saturated rings. The summed E-state index contributed by atoms with van der Waals surface area (Å²) >= 11 is 5.99. The maximum atomic E-state index is 5.99. The molecule has 18 heavy (non-hydrogen) atoms. The van der Waals surface area contributed by atoms with Crippen molar-refractivity contribution in [2.75, 3.05) is 6.54 Å². The Morgan fingerprint density at radius 2 is 2.00 bits per heavy atom. The Hall–Kier alpha value is -0.730. The largest absolute Gasteiger partial charge is 0.491 e. The summed E-state index contributed by atoms with van der Waals surface area (Å²) in [6.07, 6.45) is 2.42. The summed E-state index contributed by atoms with van der Waals surface area (Å²) in [6.45, 7) is 9.48. The summed E-state index contributed by atoms with van der Waals surface area (Å²) in [7, 11) is 0. The quantitative estimate of drug-likeness (QED) is 0.750. The van der Waals surface area contributed by atoms with E-state index in [2.05, 4.69) is 26.1 Å². The number of hydrogen-bond donors (Lipinski definition) is 1. The first-order chi connectivity index (χ1) is 8.49. The van der Waals surface area contributed by atoms with Crippen molar-refractivity contribution in [3.63, 3.8) is 0 Å². The topological polar surface area (TPSA) is 21.3 Å². The lowest BCUT2D eigenvalue weighted by Gasteiger charge is -2.16. The highest BCUT2D eigenvalue weighted by Gasteiger charge is 2.05. The summed E-state index contributed by atoms with van der Waals surface area (Å²) in [5.41, 5.74) is 1.06. The number of rotatable bonds is 7. The Morgan fingerprint density at radius 1 is 1.28 bits per heavy atom. The molecule has 3 heteroatoms. The van der Waals surface area contributed by atoms with E-state index in [-0.39, 0.29) is 6.10 Å². The predicted molar refractivity (Wildman–Crippen MR) is 78.7 cm³/mol. The maximum absolute atomic E-state index is 5.99. The van der Waals surface area contributed by atoms with Crippen LogP contribution in [-0.2, 0) is 0 Å². The minimum atomic E-state index is 0.236. The number of benzene rings is 1. The second-order valence-corrected chi connectivity index (χ2v) is 5.50. The number of nitrogens with one attached hydrogen (secondary N) is 1. The summed E-state index contributed by atoms with van der Waals surface area (Å²) in [5.74, 6) is 0.904. The SMILES string of the molecule is Cc1cc(OC(C)CCCNC(C)C)ccc1Cl. The summed E-state index contributed by atoms with van der Waals surface area (Å²) in [4.78, 5) is 0. The van der Waals surface area contributed by atoms with Crippen LogP contribution in [-0.4, -0.2) is 18.7 Å². The van der Waals surface area contributed by atoms with Crippen LogP contribution in [0.1, 0.15) is 39.2 Å². The van der Waals surface area contributed by atoms with Gasteiger partial charge in [-0.3, -0.25) is 0 Å². The normalized spacial score (nSPS) is 12.8. The van der Waals surface area contributed by atoms with Gasteiger partial charge in [-0.25, -0.2) is 0 Å². The van der Waals surface area contributed by atoms with Crippen LogP contribution in [0, 0.1) is 6.92 Å². The van der Waals surface area contributed by atoms with Gasteiger partial charge in [-0.05, 0) is 57.0 Å². The predicted octanol–water partition coefficient (Wildman–Crippen LogP) is 4.19. The van der Waals surface area contributed by atoms with Crippen molar-refractivity contribution in [1.82, 2.24) is 5.32 Å². The summed E-state index contributed by atoms with van der Waals surface area (Å²) in [6, 6.07) is 6.36. The molecule has 1 N–H and O–H groups in total. The van der Waals surface area contributed by atoms with Crippen LogP contribution in [0.4, 0.5) is 0 Å². The molecule has 1 aromatic rings. The van der Waals surface area contributed by atoms with Crippen LogP contribution in [0.5, 0.6) is 5.75 Å². The molecule has 0 aromatic heterocycles. The van der Waals surface area contributed by atoms with Gasteiger partial charge >= 0.3 is 0 Å². The van der Waals surface area contributed by atoms with Crippen LogP contribution in [0.15, 0.2) is 18.2 Å². The second kappa shape index (κ2) is 7.65. The molecule has 0 spiro atoms. The molecule has 0 aliphatic carbocycles. The van der Waals surface area contributed by atoms with Crippen molar-refractivity contribution in [1.29, 1.82) is 0 Å². The van der Waals surface area contributed by atoms with Crippen LogP contribution >= 0.6 is 11.6 Å². The fourth-order valence-electron chi connectivity index (χ4n) is 1.76. The van der Waals surface area contributed by atoms with E-state index in [1.165, 1.54) is 0 Å². The first kappa shape index (κ1) is 15.3. The van der Waals surface area contributed by atoms with E-state index >= 15 is 0 Å². The highest BCUT2D eigenvalue weighted by Crippen LogP contribution is 2.22. The summed E-state index contributed by atoms with van der Waals surface area (Å²) in [5, 5.41) is 4.20. The molecule has 0 saturated carbocycles. The van der Waals surface area contributed by atoms with E-state index in [0.717, 1.165) is 35.7 Å². The van der Waals surface area contributed by atoms with Crippen molar-refractivity contribution >= 4 is 11.6 Å². The highest BCUT2D eigenvalue weighted by atomic mass is 35.5. The molecule has 0 saturated heterocycles. The van der Waals surface area contributed by atoms with E-state index in [9.17, 15) is 0 Å². The lowest BCUT2D eigenvalue weighted by Crippen LogP contribution is -2.25. The van der Waals surface area contributed by atoms with Gasteiger partial charge < -0.3 is 10.1 Å². The van der Waals surface area contributed by atoms with Gasteiger partial charge in [-0.1, -0.05) is 25.4 Å². The third-order valence-corrected chi connectivity index (χ3v) is 3.23.